The van der Waals surface area contributed by atoms with Crippen molar-refractivity contribution in [1.82, 2.24) is 4.90 Å². The first-order chi connectivity index (χ1) is 8.16. The SMILES string of the molecule is CC1COC(c2ccccc2)CN1CC(=O)O. The van der Waals surface area contributed by atoms with Gasteiger partial charge in [-0.2, -0.15) is 0 Å². The van der Waals surface area contributed by atoms with Crippen LogP contribution in [0.5, 0.6) is 0 Å². The van der Waals surface area contributed by atoms with Gasteiger partial charge in [-0.3, -0.25) is 9.69 Å². The summed E-state index contributed by atoms with van der Waals surface area (Å²) in [5.41, 5.74) is 1.11. The fourth-order valence-corrected chi connectivity index (χ4v) is 2.07. The van der Waals surface area contributed by atoms with Crippen molar-refractivity contribution >= 4 is 5.97 Å². The molecule has 1 aliphatic heterocycles. The Labute approximate surface area is 101 Å². The van der Waals surface area contributed by atoms with Crippen molar-refractivity contribution in [3.63, 3.8) is 0 Å². The minimum absolute atomic E-state index is 0.0215. The summed E-state index contributed by atoms with van der Waals surface area (Å²) in [7, 11) is 0. The van der Waals surface area contributed by atoms with E-state index in [1.807, 2.05) is 42.2 Å². The highest BCUT2D eigenvalue weighted by Crippen LogP contribution is 2.24. The lowest BCUT2D eigenvalue weighted by Crippen LogP contribution is -2.47. The first-order valence-corrected chi connectivity index (χ1v) is 5.79. The third kappa shape index (κ3) is 3.05. The Morgan fingerprint density at radius 2 is 2.18 bits per heavy atom. The Kier molecular flexibility index (Phi) is 3.76. The van der Waals surface area contributed by atoms with E-state index in [0.29, 0.717) is 13.2 Å². The maximum Gasteiger partial charge on any atom is 0.317 e. The molecule has 0 aromatic heterocycles. The number of ether oxygens (including phenoxy) is 1. The highest BCUT2D eigenvalue weighted by Gasteiger charge is 2.28. The predicted molar refractivity (Wildman–Crippen MR) is 63.8 cm³/mol. The third-order valence-electron chi connectivity index (χ3n) is 3.07. The molecule has 2 rings (SSSR count). The van der Waals surface area contributed by atoms with Crippen LogP contribution in [0.1, 0.15) is 18.6 Å². The monoisotopic (exact) mass is 235 g/mol. The molecular formula is C13H17NO3. The second kappa shape index (κ2) is 5.29. The molecule has 4 heteroatoms. The lowest BCUT2D eigenvalue weighted by molar-refractivity contribution is -0.142. The van der Waals surface area contributed by atoms with Gasteiger partial charge in [0.25, 0.3) is 0 Å². The van der Waals surface area contributed by atoms with Crippen LogP contribution >= 0.6 is 0 Å². The van der Waals surface area contributed by atoms with E-state index in [9.17, 15) is 4.79 Å². The van der Waals surface area contributed by atoms with E-state index in [4.69, 9.17) is 9.84 Å². The van der Waals surface area contributed by atoms with Crippen LogP contribution in [-0.4, -0.2) is 41.7 Å². The average molecular weight is 235 g/mol. The van der Waals surface area contributed by atoms with Gasteiger partial charge in [-0.1, -0.05) is 30.3 Å². The number of morpholine rings is 1. The van der Waals surface area contributed by atoms with Crippen LogP contribution in [-0.2, 0) is 9.53 Å². The minimum Gasteiger partial charge on any atom is -0.480 e. The zero-order valence-corrected chi connectivity index (χ0v) is 9.87. The standard InChI is InChI=1S/C13H17NO3/c1-10-9-17-12(7-14(10)8-13(15)16)11-5-3-2-4-6-11/h2-6,10,12H,7-9H2,1H3,(H,15,16). The van der Waals surface area contributed by atoms with E-state index in [2.05, 4.69) is 0 Å². The molecule has 0 radical (unpaired) electrons. The first-order valence-electron chi connectivity index (χ1n) is 5.79. The molecule has 0 amide bonds. The van der Waals surface area contributed by atoms with Gasteiger partial charge in [0.2, 0.25) is 0 Å². The van der Waals surface area contributed by atoms with Crippen molar-refractivity contribution in [1.29, 1.82) is 0 Å². The molecule has 0 saturated carbocycles. The van der Waals surface area contributed by atoms with Crippen LogP contribution in [0.4, 0.5) is 0 Å². The summed E-state index contributed by atoms with van der Waals surface area (Å²) in [4.78, 5) is 12.7. The molecule has 0 bridgehead atoms. The van der Waals surface area contributed by atoms with Crippen molar-refractivity contribution in [3.05, 3.63) is 35.9 Å². The van der Waals surface area contributed by atoms with Crippen LogP contribution in [0.3, 0.4) is 0 Å². The van der Waals surface area contributed by atoms with E-state index in [-0.39, 0.29) is 18.7 Å². The Morgan fingerprint density at radius 1 is 1.47 bits per heavy atom. The van der Waals surface area contributed by atoms with Gasteiger partial charge in [-0.25, -0.2) is 0 Å². The number of rotatable bonds is 3. The second-order valence-corrected chi connectivity index (χ2v) is 4.40. The molecule has 17 heavy (non-hydrogen) atoms. The van der Waals surface area contributed by atoms with E-state index >= 15 is 0 Å². The summed E-state index contributed by atoms with van der Waals surface area (Å²) in [5, 5.41) is 8.86. The number of hydrogen-bond acceptors (Lipinski definition) is 3. The quantitative estimate of drug-likeness (QED) is 0.863. The minimum atomic E-state index is -0.787. The smallest absolute Gasteiger partial charge is 0.317 e. The van der Waals surface area contributed by atoms with Gasteiger partial charge < -0.3 is 9.84 Å². The van der Waals surface area contributed by atoms with Gasteiger partial charge in [0.05, 0.1) is 19.3 Å². The third-order valence-corrected chi connectivity index (χ3v) is 3.07. The fourth-order valence-electron chi connectivity index (χ4n) is 2.07. The molecule has 92 valence electrons. The summed E-state index contributed by atoms with van der Waals surface area (Å²) in [6.45, 7) is 3.28. The number of carboxylic acids is 1. The Bertz CT molecular complexity index is 380. The molecule has 4 nitrogen and oxygen atoms in total. The van der Waals surface area contributed by atoms with Crippen molar-refractivity contribution in [2.24, 2.45) is 0 Å². The molecule has 1 N–H and O–H groups in total. The number of hydrogen-bond donors (Lipinski definition) is 1. The van der Waals surface area contributed by atoms with Crippen molar-refractivity contribution < 1.29 is 14.6 Å². The van der Waals surface area contributed by atoms with Crippen LogP contribution in [0.25, 0.3) is 0 Å². The number of benzene rings is 1. The van der Waals surface area contributed by atoms with Crippen LogP contribution < -0.4 is 0 Å². The summed E-state index contributed by atoms with van der Waals surface area (Å²) >= 11 is 0. The van der Waals surface area contributed by atoms with Crippen molar-refractivity contribution in [2.75, 3.05) is 19.7 Å². The van der Waals surface area contributed by atoms with Gasteiger partial charge in [0, 0.05) is 12.6 Å². The Morgan fingerprint density at radius 3 is 2.82 bits per heavy atom. The fraction of sp³-hybridized carbons (Fsp3) is 0.462. The summed E-state index contributed by atoms with van der Waals surface area (Å²) in [5.74, 6) is -0.787. The van der Waals surface area contributed by atoms with Crippen LogP contribution in [0, 0.1) is 0 Å². The topological polar surface area (TPSA) is 49.8 Å². The highest BCUT2D eigenvalue weighted by atomic mass is 16.5. The molecule has 2 atom stereocenters. The molecular weight excluding hydrogens is 218 g/mol. The zero-order valence-electron chi connectivity index (χ0n) is 9.87. The molecule has 1 aromatic rings. The van der Waals surface area contributed by atoms with Crippen LogP contribution in [0.15, 0.2) is 30.3 Å². The predicted octanol–water partition coefficient (Wildman–Crippen LogP) is 1.53. The van der Waals surface area contributed by atoms with Gasteiger partial charge >= 0.3 is 5.97 Å². The Balaban J connectivity index is 2.05. The summed E-state index contributed by atoms with van der Waals surface area (Å²) < 4.78 is 5.75. The molecule has 0 spiro atoms. The average Bonchev–Trinajstić information content (AvgIpc) is 2.32. The number of carboxylic acid groups (broad SMARTS) is 1. The maximum atomic E-state index is 10.8. The molecule has 1 saturated heterocycles. The normalized spacial score (nSPS) is 25.7. The maximum absolute atomic E-state index is 10.8. The molecule has 1 aliphatic rings. The largest absolute Gasteiger partial charge is 0.480 e. The van der Waals surface area contributed by atoms with E-state index < -0.39 is 5.97 Å². The molecule has 0 aliphatic carbocycles. The summed E-state index contributed by atoms with van der Waals surface area (Å²) in [6.07, 6.45) is -0.0215. The highest BCUT2D eigenvalue weighted by molar-refractivity contribution is 5.69. The van der Waals surface area contributed by atoms with Gasteiger partial charge in [0.1, 0.15) is 0 Å². The lowest BCUT2D eigenvalue weighted by atomic mass is 10.1. The second-order valence-electron chi connectivity index (χ2n) is 4.40. The molecule has 1 heterocycles. The van der Waals surface area contributed by atoms with E-state index in [1.54, 1.807) is 0 Å². The lowest BCUT2D eigenvalue weighted by Gasteiger charge is -2.37. The van der Waals surface area contributed by atoms with Crippen LogP contribution in [0.2, 0.25) is 0 Å². The number of aliphatic carboxylic acids is 1. The van der Waals surface area contributed by atoms with Crippen molar-refractivity contribution in [2.45, 2.75) is 19.1 Å². The Hall–Kier alpha value is -1.39. The van der Waals surface area contributed by atoms with E-state index in [0.717, 1.165) is 5.56 Å². The summed E-state index contributed by atoms with van der Waals surface area (Å²) in [6, 6.07) is 10.1. The first kappa shape index (κ1) is 12.1. The van der Waals surface area contributed by atoms with Gasteiger partial charge in [-0.15, -0.1) is 0 Å². The van der Waals surface area contributed by atoms with Gasteiger partial charge in [0.15, 0.2) is 0 Å². The molecule has 2 unspecified atom stereocenters. The zero-order chi connectivity index (χ0) is 12.3. The van der Waals surface area contributed by atoms with Gasteiger partial charge in [-0.05, 0) is 12.5 Å². The number of nitrogens with zero attached hydrogens (tertiary/aromatic N) is 1. The molecule has 1 fully saturated rings. The number of carbonyl (C=O) groups is 1. The van der Waals surface area contributed by atoms with E-state index in [1.165, 1.54) is 0 Å². The molecule has 1 aromatic carbocycles. The van der Waals surface area contributed by atoms with Crippen molar-refractivity contribution in [3.8, 4) is 0 Å².